The van der Waals surface area contributed by atoms with Crippen molar-refractivity contribution in [3.63, 3.8) is 0 Å². The Hall–Kier alpha value is -1.59. The molecular weight excluding hydrogens is 352 g/mol. The van der Waals surface area contributed by atoms with E-state index in [4.69, 9.17) is 16.3 Å². The molecule has 0 aliphatic carbocycles. The Morgan fingerprint density at radius 1 is 1.42 bits per heavy atom. The zero-order valence-electron chi connectivity index (χ0n) is 15.5. The molecule has 5 nitrogen and oxygen atoms in total. The van der Waals surface area contributed by atoms with E-state index in [0.29, 0.717) is 35.0 Å². The summed E-state index contributed by atoms with van der Waals surface area (Å²) in [5, 5.41) is 3.50. The number of piperidine rings is 3. The molecule has 3 heterocycles. The topological polar surface area (TPSA) is 58.6 Å². The molecule has 4 rings (SSSR count). The molecule has 1 amide bonds. The maximum atomic E-state index is 12.9. The summed E-state index contributed by atoms with van der Waals surface area (Å²) < 4.78 is 5.21. The SMILES string of the molecule is CCCC(NC(=O)c1cc(OC)c(C=O)cc1Cl)[C@H]1CN2CCC1CC2. The van der Waals surface area contributed by atoms with Gasteiger partial charge in [0.25, 0.3) is 5.91 Å². The second-order valence-electron chi connectivity index (χ2n) is 7.36. The number of benzene rings is 1. The average molecular weight is 379 g/mol. The fourth-order valence-corrected chi connectivity index (χ4v) is 4.69. The van der Waals surface area contributed by atoms with E-state index in [2.05, 4.69) is 17.1 Å². The van der Waals surface area contributed by atoms with Crippen molar-refractivity contribution in [1.82, 2.24) is 10.2 Å². The van der Waals surface area contributed by atoms with Crippen LogP contribution in [0.1, 0.15) is 53.3 Å². The Bertz CT molecular complexity index is 671. The lowest BCUT2D eigenvalue weighted by atomic mass is 9.74. The predicted molar refractivity (Wildman–Crippen MR) is 102 cm³/mol. The molecule has 0 spiro atoms. The molecule has 1 aromatic rings. The van der Waals surface area contributed by atoms with Gasteiger partial charge in [-0.05, 0) is 56.3 Å². The van der Waals surface area contributed by atoms with Crippen molar-refractivity contribution < 1.29 is 14.3 Å². The summed E-state index contributed by atoms with van der Waals surface area (Å²) in [5.41, 5.74) is 0.702. The second-order valence-corrected chi connectivity index (χ2v) is 7.77. The maximum Gasteiger partial charge on any atom is 0.253 e. The predicted octanol–water partition coefficient (Wildman–Crippen LogP) is 3.40. The van der Waals surface area contributed by atoms with Gasteiger partial charge in [0.05, 0.1) is 23.3 Å². The van der Waals surface area contributed by atoms with Crippen LogP contribution in [-0.4, -0.2) is 49.9 Å². The Morgan fingerprint density at radius 2 is 2.15 bits per heavy atom. The van der Waals surface area contributed by atoms with E-state index in [-0.39, 0.29) is 17.0 Å². The van der Waals surface area contributed by atoms with Crippen LogP contribution in [-0.2, 0) is 0 Å². The molecule has 142 valence electrons. The molecule has 2 atom stereocenters. The number of halogens is 1. The first kappa shape index (κ1) is 19.2. The summed E-state index contributed by atoms with van der Waals surface area (Å²) in [6, 6.07) is 3.19. The quantitative estimate of drug-likeness (QED) is 0.739. The van der Waals surface area contributed by atoms with Crippen LogP contribution in [0.4, 0.5) is 0 Å². The van der Waals surface area contributed by atoms with Crippen molar-refractivity contribution in [2.75, 3.05) is 26.7 Å². The Labute approximate surface area is 160 Å². The molecule has 6 heteroatoms. The van der Waals surface area contributed by atoms with Gasteiger partial charge in [-0.25, -0.2) is 0 Å². The number of carbonyl (C=O) groups excluding carboxylic acids is 2. The van der Waals surface area contributed by atoms with Gasteiger partial charge in [-0.15, -0.1) is 0 Å². The number of carbonyl (C=O) groups is 2. The van der Waals surface area contributed by atoms with E-state index < -0.39 is 0 Å². The van der Waals surface area contributed by atoms with Gasteiger partial charge >= 0.3 is 0 Å². The van der Waals surface area contributed by atoms with Crippen molar-refractivity contribution in [3.8, 4) is 5.75 Å². The van der Waals surface area contributed by atoms with Crippen molar-refractivity contribution >= 4 is 23.8 Å². The molecule has 3 aliphatic heterocycles. The van der Waals surface area contributed by atoms with Gasteiger partial charge in [0.1, 0.15) is 5.75 Å². The lowest BCUT2D eigenvalue weighted by molar-refractivity contribution is 0.0280. The number of nitrogens with one attached hydrogen (secondary N) is 1. The number of aldehydes is 1. The number of hydrogen-bond donors (Lipinski definition) is 1. The maximum absolute atomic E-state index is 12.9. The van der Waals surface area contributed by atoms with Crippen molar-refractivity contribution in [2.45, 2.75) is 38.6 Å². The molecule has 0 radical (unpaired) electrons. The van der Waals surface area contributed by atoms with E-state index in [9.17, 15) is 9.59 Å². The van der Waals surface area contributed by atoms with Gasteiger partial charge < -0.3 is 15.0 Å². The first-order valence-corrected chi connectivity index (χ1v) is 9.81. The zero-order valence-corrected chi connectivity index (χ0v) is 16.2. The molecule has 1 N–H and O–H groups in total. The molecule has 0 saturated carbocycles. The van der Waals surface area contributed by atoms with Crippen LogP contribution in [0.3, 0.4) is 0 Å². The molecule has 1 aromatic carbocycles. The lowest BCUT2D eigenvalue weighted by Crippen LogP contribution is -2.55. The van der Waals surface area contributed by atoms with Gasteiger partial charge in [-0.2, -0.15) is 0 Å². The van der Waals surface area contributed by atoms with Crippen molar-refractivity contribution in [1.29, 1.82) is 0 Å². The van der Waals surface area contributed by atoms with Crippen LogP contribution in [0.5, 0.6) is 5.75 Å². The van der Waals surface area contributed by atoms with Crippen LogP contribution in [0.25, 0.3) is 0 Å². The average Bonchev–Trinajstić information content (AvgIpc) is 2.68. The summed E-state index contributed by atoms with van der Waals surface area (Å²) in [6.45, 7) is 5.58. The number of rotatable bonds is 7. The molecule has 0 aromatic heterocycles. The third-order valence-electron chi connectivity index (χ3n) is 5.83. The molecular formula is C20H27ClN2O3. The van der Waals surface area contributed by atoms with Gasteiger partial charge in [0.15, 0.2) is 6.29 Å². The third-order valence-corrected chi connectivity index (χ3v) is 6.14. The minimum atomic E-state index is -0.194. The molecule has 26 heavy (non-hydrogen) atoms. The lowest BCUT2D eigenvalue weighted by Gasteiger charge is -2.48. The number of hydrogen-bond acceptors (Lipinski definition) is 4. The second kappa shape index (κ2) is 8.40. The number of nitrogens with zero attached hydrogens (tertiary/aromatic N) is 1. The first-order valence-electron chi connectivity index (χ1n) is 9.43. The fourth-order valence-electron chi connectivity index (χ4n) is 4.43. The van der Waals surface area contributed by atoms with E-state index in [1.165, 1.54) is 39.1 Å². The Morgan fingerprint density at radius 3 is 2.69 bits per heavy atom. The highest BCUT2D eigenvalue weighted by molar-refractivity contribution is 6.34. The van der Waals surface area contributed by atoms with Crippen LogP contribution < -0.4 is 10.1 Å². The molecule has 3 aliphatic rings. The standard InChI is InChI=1S/C20H27ClN2O3/c1-3-4-18(16-11-23-7-5-13(16)6-8-23)22-20(25)15-10-19(26-2)14(12-24)9-17(15)21/h9-10,12-13,16,18H,3-8,11H2,1-2H3,(H,22,25)/t16-,18?/m0/s1. The minimum Gasteiger partial charge on any atom is -0.496 e. The normalized spacial score (nSPS) is 25.6. The number of ether oxygens (including phenoxy) is 1. The molecule has 3 saturated heterocycles. The van der Waals surface area contributed by atoms with Crippen LogP contribution in [0.15, 0.2) is 12.1 Å². The molecule has 1 unspecified atom stereocenters. The fraction of sp³-hybridized carbons (Fsp3) is 0.600. The molecule has 2 bridgehead atoms. The Kier molecular flexibility index (Phi) is 6.20. The van der Waals surface area contributed by atoms with E-state index >= 15 is 0 Å². The monoisotopic (exact) mass is 378 g/mol. The van der Waals surface area contributed by atoms with Crippen LogP contribution in [0, 0.1) is 11.8 Å². The smallest absolute Gasteiger partial charge is 0.253 e. The van der Waals surface area contributed by atoms with Gasteiger partial charge in [0, 0.05) is 12.6 Å². The van der Waals surface area contributed by atoms with E-state index in [0.717, 1.165) is 19.4 Å². The van der Waals surface area contributed by atoms with E-state index in [1.807, 2.05) is 0 Å². The van der Waals surface area contributed by atoms with Gasteiger partial charge in [-0.1, -0.05) is 24.9 Å². The van der Waals surface area contributed by atoms with E-state index in [1.54, 1.807) is 6.07 Å². The van der Waals surface area contributed by atoms with Gasteiger partial charge in [0.2, 0.25) is 0 Å². The largest absolute Gasteiger partial charge is 0.496 e. The van der Waals surface area contributed by atoms with Crippen molar-refractivity contribution in [2.24, 2.45) is 11.8 Å². The van der Waals surface area contributed by atoms with Crippen molar-refractivity contribution in [3.05, 3.63) is 28.3 Å². The third kappa shape index (κ3) is 3.89. The molecule has 3 fully saturated rings. The minimum absolute atomic E-state index is 0.147. The summed E-state index contributed by atoms with van der Waals surface area (Å²) in [4.78, 5) is 26.5. The summed E-state index contributed by atoms with van der Waals surface area (Å²) in [5.74, 6) is 1.36. The summed E-state index contributed by atoms with van der Waals surface area (Å²) in [7, 11) is 1.48. The van der Waals surface area contributed by atoms with Crippen LogP contribution in [0.2, 0.25) is 5.02 Å². The summed E-state index contributed by atoms with van der Waals surface area (Å²) >= 11 is 6.26. The van der Waals surface area contributed by atoms with Gasteiger partial charge in [-0.3, -0.25) is 9.59 Å². The van der Waals surface area contributed by atoms with Crippen LogP contribution >= 0.6 is 11.6 Å². The zero-order chi connectivity index (χ0) is 18.7. The highest BCUT2D eigenvalue weighted by Crippen LogP contribution is 2.36. The highest BCUT2D eigenvalue weighted by atomic mass is 35.5. The number of methoxy groups -OCH3 is 1. The number of amides is 1. The number of fused-ring (bicyclic) bond motifs is 3. The summed E-state index contributed by atoms with van der Waals surface area (Å²) in [6.07, 6.45) is 5.11. The Balaban J connectivity index is 1.79. The highest BCUT2D eigenvalue weighted by Gasteiger charge is 2.38. The first-order chi connectivity index (χ1) is 12.6.